The second-order valence-electron chi connectivity index (χ2n) is 2.98. The van der Waals surface area contributed by atoms with Gasteiger partial charge in [-0.15, -0.1) is 0 Å². The molecule has 0 spiro atoms. The molecule has 3 nitrogen and oxygen atoms in total. The lowest BCUT2D eigenvalue weighted by Gasteiger charge is -2.05. The minimum absolute atomic E-state index is 0.412. The largest absolute Gasteiger partial charge is 0.493 e. The molecule has 76 valence electrons. The number of ether oxygens (including phenoxy) is 2. The van der Waals surface area contributed by atoms with E-state index in [1.54, 1.807) is 0 Å². The van der Waals surface area contributed by atoms with Crippen molar-refractivity contribution in [3.63, 3.8) is 0 Å². The zero-order valence-corrected chi connectivity index (χ0v) is 8.23. The molecule has 0 amide bonds. The lowest BCUT2D eigenvalue weighted by atomic mass is 10.2. The zero-order valence-electron chi connectivity index (χ0n) is 8.23. The van der Waals surface area contributed by atoms with Crippen molar-refractivity contribution in [2.24, 2.45) is 0 Å². The summed E-state index contributed by atoms with van der Waals surface area (Å²) in [5, 5.41) is 0. The molecule has 0 saturated heterocycles. The Morgan fingerprint density at radius 3 is 2.57 bits per heavy atom. The number of hydrogen-bond donors (Lipinski definition) is 0. The summed E-state index contributed by atoms with van der Waals surface area (Å²) in [6.45, 7) is 3.46. The summed E-state index contributed by atoms with van der Waals surface area (Å²) >= 11 is 0. The third kappa shape index (κ3) is 3.94. The molecule has 0 bridgehead atoms. The van der Waals surface area contributed by atoms with Gasteiger partial charge >= 0.3 is 0 Å². The maximum atomic E-state index is 9.81. The molecule has 0 unspecified atom stereocenters. The van der Waals surface area contributed by atoms with Gasteiger partial charge in [0.2, 0.25) is 0 Å². The first kappa shape index (κ1) is 10.6. The van der Waals surface area contributed by atoms with Crippen LogP contribution < -0.4 is 4.74 Å². The standard InChI is InChI=1S/C11H14O3/c1-10-3-5-11(6-4-10)14-8-2-7-13-9-12/h3-6,9H,2,7-8H2,1H3. The van der Waals surface area contributed by atoms with Crippen molar-refractivity contribution in [2.75, 3.05) is 13.2 Å². The summed E-state index contributed by atoms with van der Waals surface area (Å²) in [6.07, 6.45) is 0.715. The molecule has 0 aliphatic carbocycles. The van der Waals surface area contributed by atoms with Crippen LogP contribution in [0.1, 0.15) is 12.0 Å². The van der Waals surface area contributed by atoms with Gasteiger partial charge in [0.05, 0.1) is 13.2 Å². The van der Waals surface area contributed by atoms with Gasteiger partial charge in [-0.2, -0.15) is 0 Å². The number of benzene rings is 1. The van der Waals surface area contributed by atoms with Crippen LogP contribution in [-0.2, 0) is 9.53 Å². The Morgan fingerprint density at radius 2 is 1.93 bits per heavy atom. The molecule has 0 aliphatic rings. The Balaban J connectivity index is 2.18. The first-order valence-electron chi connectivity index (χ1n) is 4.57. The van der Waals surface area contributed by atoms with Crippen LogP contribution in [0.25, 0.3) is 0 Å². The van der Waals surface area contributed by atoms with Crippen LogP contribution in [-0.4, -0.2) is 19.7 Å². The maximum absolute atomic E-state index is 9.81. The molecule has 1 rings (SSSR count). The highest BCUT2D eigenvalue weighted by molar-refractivity contribution is 5.36. The number of carbonyl (C=O) groups excluding carboxylic acids is 1. The Hall–Kier alpha value is -1.51. The number of aryl methyl sites for hydroxylation is 1. The highest BCUT2D eigenvalue weighted by Crippen LogP contribution is 2.11. The van der Waals surface area contributed by atoms with E-state index in [2.05, 4.69) is 4.74 Å². The van der Waals surface area contributed by atoms with E-state index in [0.29, 0.717) is 26.1 Å². The fourth-order valence-electron chi connectivity index (χ4n) is 1.01. The molecule has 0 atom stereocenters. The lowest BCUT2D eigenvalue weighted by Crippen LogP contribution is -2.02. The monoisotopic (exact) mass is 194 g/mol. The Morgan fingerprint density at radius 1 is 1.21 bits per heavy atom. The van der Waals surface area contributed by atoms with Crippen LogP contribution >= 0.6 is 0 Å². The quantitative estimate of drug-likeness (QED) is 0.512. The molecule has 0 aliphatic heterocycles. The van der Waals surface area contributed by atoms with Crippen LogP contribution in [0, 0.1) is 6.92 Å². The first-order valence-corrected chi connectivity index (χ1v) is 4.57. The van der Waals surface area contributed by atoms with E-state index in [-0.39, 0.29) is 0 Å². The van der Waals surface area contributed by atoms with E-state index in [1.807, 2.05) is 31.2 Å². The van der Waals surface area contributed by atoms with Crippen molar-refractivity contribution in [1.82, 2.24) is 0 Å². The molecule has 0 aromatic heterocycles. The van der Waals surface area contributed by atoms with Crippen molar-refractivity contribution in [3.8, 4) is 5.75 Å². The van der Waals surface area contributed by atoms with Gasteiger partial charge in [0, 0.05) is 6.42 Å². The summed E-state index contributed by atoms with van der Waals surface area (Å²) in [5.74, 6) is 0.849. The fourth-order valence-corrected chi connectivity index (χ4v) is 1.01. The third-order valence-electron chi connectivity index (χ3n) is 1.76. The molecule has 0 fully saturated rings. The van der Waals surface area contributed by atoms with Gasteiger partial charge in [-0.05, 0) is 19.1 Å². The summed E-state index contributed by atoms with van der Waals surface area (Å²) < 4.78 is 9.94. The van der Waals surface area contributed by atoms with Crippen LogP contribution in [0.3, 0.4) is 0 Å². The summed E-state index contributed by atoms with van der Waals surface area (Å²) in [6, 6.07) is 7.85. The number of rotatable bonds is 6. The molecular weight excluding hydrogens is 180 g/mol. The highest BCUT2D eigenvalue weighted by Gasteiger charge is 1.92. The van der Waals surface area contributed by atoms with Crippen molar-refractivity contribution < 1.29 is 14.3 Å². The number of carbonyl (C=O) groups is 1. The smallest absolute Gasteiger partial charge is 0.293 e. The average molecular weight is 194 g/mol. The predicted octanol–water partition coefficient (Wildman–Crippen LogP) is 1.94. The van der Waals surface area contributed by atoms with Gasteiger partial charge in [0.1, 0.15) is 5.75 Å². The molecule has 0 N–H and O–H groups in total. The van der Waals surface area contributed by atoms with E-state index in [0.717, 1.165) is 5.75 Å². The maximum Gasteiger partial charge on any atom is 0.293 e. The Kier molecular flexibility index (Phi) is 4.55. The van der Waals surface area contributed by atoms with Gasteiger partial charge in [-0.1, -0.05) is 17.7 Å². The SMILES string of the molecule is Cc1ccc(OCCCOC=O)cc1. The minimum atomic E-state index is 0.412. The number of hydrogen-bond acceptors (Lipinski definition) is 3. The Labute approximate surface area is 83.6 Å². The van der Waals surface area contributed by atoms with Crippen LogP contribution in [0.4, 0.5) is 0 Å². The molecule has 1 aromatic carbocycles. The topological polar surface area (TPSA) is 35.5 Å². The molecule has 0 radical (unpaired) electrons. The average Bonchev–Trinajstić information content (AvgIpc) is 2.21. The molecule has 3 heteroatoms. The second-order valence-corrected chi connectivity index (χ2v) is 2.98. The Bertz CT molecular complexity index is 266. The van der Waals surface area contributed by atoms with Crippen molar-refractivity contribution in [1.29, 1.82) is 0 Å². The van der Waals surface area contributed by atoms with Crippen LogP contribution in [0.2, 0.25) is 0 Å². The third-order valence-corrected chi connectivity index (χ3v) is 1.76. The van der Waals surface area contributed by atoms with Crippen molar-refractivity contribution >= 4 is 6.47 Å². The van der Waals surface area contributed by atoms with Gasteiger partial charge in [-0.25, -0.2) is 0 Å². The zero-order chi connectivity index (χ0) is 10.2. The summed E-state index contributed by atoms with van der Waals surface area (Å²) in [5.41, 5.74) is 1.21. The van der Waals surface area contributed by atoms with Crippen molar-refractivity contribution in [3.05, 3.63) is 29.8 Å². The summed E-state index contributed by atoms with van der Waals surface area (Å²) in [4.78, 5) is 9.81. The van der Waals surface area contributed by atoms with E-state index in [4.69, 9.17) is 4.74 Å². The minimum Gasteiger partial charge on any atom is -0.493 e. The van der Waals surface area contributed by atoms with E-state index in [9.17, 15) is 4.79 Å². The van der Waals surface area contributed by atoms with Crippen LogP contribution in [0.15, 0.2) is 24.3 Å². The van der Waals surface area contributed by atoms with Gasteiger partial charge < -0.3 is 9.47 Å². The van der Waals surface area contributed by atoms with Gasteiger partial charge in [-0.3, -0.25) is 4.79 Å². The van der Waals surface area contributed by atoms with Crippen molar-refractivity contribution in [2.45, 2.75) is 13.3 Å². The molecule has 1 aromatic rings. The second kappa shape index (κ2) is 6.02. The van der Waals surface area contributed by atoms with E-state index >= 15 is 0 Å². The molecule has 14 heavy (non-hydrogen) atoms. The molecular formula is C11H14O3. The first-order chi connectivity index (χ1) is 6.83. The van der Waals surface area contributed by atoms with E-state index in [1.165, 1.54) is 5.56 Å². The lowest BCUT2D eigenvalue weighted by molar-refractivity contribution is -0.128. The molecule has 0 heterocycles. The molecule has 0 saturated carbocycles. The van der Waals surface area contributed by atoms with Gasteiger partial charge in [0.15, 0.2) is 0 Å². The van der Waals surface area contributed by atoms with Crippen LogP contribution in [0.5, 0.6) is 5.75 Å². The van der Waals surface area contributed by atoms with E-state index < -0.39 is 0 Å². The predicted molar refractivity (Wildman–Crippen MR) is 53.3 cm³/mol. The summed E-state index contributed by atoms with van der Waals surface area (Å²) in [7, 11) is 0. The fraction of sp³-hybridized carbons (Fsp3) is 0.364. The van der Waals surface area contributed by atoms with Gasteiger partial charge in [0.25, 0.3) is 6.47 Å². The highest BCUT2D eigenvalue weighted by atomic mass is 16.5. The normalized spacial score (nSPS) is 9.50.